The summed E-state index contributed by atoms with van der Waals surface area (Å²) >= 11 is 5.78. The molecule has 106 valence electrons. The topological polar surface area (TPSA) is 94.3 Å². The van der Waals surface area contributed by atoms with Gasteiger partial charge in [-0.2, -0.15) is 0 Å². The molecule has 6 nitrogen and oxygen atoms in total. The zero-order valence-corrected chi connectivity index (χ0v) is 12.1. The summed E-state index contributed by atoms with van der Waals surface area (Å²) < 4.78 is 32.0. The van der Waals surface area contributed by atoms with E-state index < -0.39 is 10.0 Å². The minimum atomic E-state index is -3.87. The molecule has 0 aliphatic carbocycles. The van der Waals surface area contributed by atoms with E-state index in [2.05, 4.69) is 9.71 Å². The van der Waals surface area contributed by atoms with Crippen LogP contribution in [0.1, 0.15) is 0 Å². The predicted molar refractivity (Wildman–Crippen MR) is 77.5 cm³/mol. The smallest absolute Gasteiger partial charge is 0.266 e. The van der Waals surface area contributed by atoms with Crippen LogP contribution < -0.4 is 15.2 Å². The summed E-state index contributed by atoms with van der Waals surface area (Å²) in [6.45, 7) is 0. The van der Waals surface area contributed by atoms with Crippen molar-refractivity contribution in [3.63, 3.8) is 0 Å². The molecule has 0 saturated carbocycles. The second kappa shape index (κ2) is 5.56. The van der Waals surface area contributed by atoms with E-state index in [1.807, 2.05) is 0 Å². The first-order valence-electron chi connectivity index (χ1n) is 5.50. The standard InChI is InChI=1S/C12H12ClN3O3S/c1-19-10-3-2-9(14)7-11(10)20(17,18)16-12-6-8(13)4-5-15-12/h2-7H,14H2,1H3,(H,15,16). The first-order valence-corrected chi connectivity index (χ1v) is 7.36. The number of aromatic nitrogens is 1. The van der Waals surface area contributed by atoms with Crippen LogP contribution in [0.3, 0.4) is 0 Å². The van der Waals surface area contributed by atoms with Crippen LogP contribution in [0.2, 0.25) is 5.02 Å². The Hall–Kier alpha value is -1.99. The Morgan fingerprint density at radius 1 is 1.30 bits per heavy atom. The van der Waals surface area contributed by atoms with Crippen LogP contribution in [-0.4, -0.2) is 20.5 Å². The lowest BCUT2D eigenvalue weighted by molar-refractivity contribution is 0.403. The molecule has 0 aliphatic heterocycles. The summed E-state index contributed by atoms with van der Waals surface area (Å²) in [4.78, 5) is 3.81. The molecule has 0 saturated heterocycles. The van der Waals surface area contributed by atoms with Gasteiger partial charge in [-0.25, -0.2) is 13.4 Å². The molecule has 0 spiro atoms. The van der Waals surface area contributed by atoms with Gasteiger partial charge in [-0.05, 0) is 24.3 Å². The van der Waals surface area contributed by atoms with Gasteiger partial charge in [0.15, 0.2) is 0 Å². The van der Waals surface area contributed by atoms with Crippen molar-refractivity contribution >= 4 is 33.1 Å². The molecule has 2 rings (SSSR count). The van der Waals surface area contributed by atoms with E-state index in [0.29, 0.717) is 10.7 Å². The molecule has 0 aliphatic rings. The molecule has 1 aromatic heterocycles. The Morgan fingerprint density at radius 2 is 2.05 bits per heavy atom. The highest BCUT2D eigenvalue weighted by atomic mass is 35.5. The van der Waals surface area contributed by atoms with Crippen LogP contribution in [0.25, 0.3) is 0 Å². The summed E-state index contributed by atoms with van der Waals surface area (Å²) in [5.41, 5.74) is 5.92. The van der Waals surface area contributed by atoms with Crippen molar-refractivity contribution in [2.24, 2.45) is 0 Å². The Bertz CT molecular complexity index is 734. The van der Waals surface area contributed by atoms with Crippen molar-refractivity contribution in [1.29, 1.82) is 0 Å². The average molecular weight is 314 g/mol. The summed E-state index contributed by atoms with van der Waals surface area (Å²) in [6.07, 6.45) is 1.40. The number of halogens is 1. The average Bonchev–Trinajstić information content (AvgIpc) is 2.38. The molecule has 0 bridgehead atoms. The first kappa shape index (κ1) is 14.4. The number of nitrogens with zero attached hydrogens (tertiary/aromatic N) is 1. The van der Waals surface area contributed by atoms with Gasteiger partial charge in [0.05, 0.1) is 7.11 Å². The number of pyridine rings is 1. The fourth-order valence-electron chi connectivity index (χ4n) is 1.56. The van der Waals surface area contributed by atoms with E-state index in [9.17, 15) is 8.42 Å². The molecular weight excluding hydrogens is 302 g/mol. The van der Waals surface area contributed by atoms with Gasteiger partial charge in [0, 0.05) is 23.0 Å². The zero-order chi connectivity index (χ0) is 14.8. The van der Waals surface area contributed by atoms with Gasteiger partial charge in [0.25, 0.3) is 10.0 Å². The number of ether oxygens (including phenoxy) is 1. The molecule has 0 amide bonds. The molecule has 0 radical (unpaired) electrons. The minimum Gasteiger partial charge on any atom is -0.495 e. The number of nitrogens with two attached hydrogens (primary N) is 1. The van der Waals surface area contributed by atoms with Crippen LogP contribution in [0.4, 0.5) is 11.5 Å². The number of sulfonamides is 1. The van der Waals surface area contributed by atoms with Gasteiger partial charge in [0.2, 0.25) is 0 Å². The summed E-state index contributed by atoms with van der Waals surface area (Å²) in [5.74, 6) is 0.302. The third-order valence-electron chi connectivity index (χ3n) is 2.44. The second-order valence-electron chi connectivity index (χ2n) is 3.88. The van der Waals surface area contributed by atoms with Crippen LogP contribution in [0.5, 0.6) is 5.75 Å². The Labute approximate surface area is 121 Å². The molecule has 1 aromatic carbocycles. The van der Waals surface area contributed by atoms with Crippen molar-refractivity contribution in [3.8, 4) is 5.75 Å². The summed E-state index contributed by atoms with van der Waals surface area (Å²) in [5, 5.41) is 0.372. The molecule has 0 fully saturated rings. The van der Waals surface area contributed by atoms with Gasteiger partial charge >= 0.3 is 0 Å². The van der Waals surface area contributed by atoms with E-state index in [0.717, 1.165) is 0 Å². The largest absolute Gasteiger partial charge is 0.495 e. The number of methoxy groups -OCH3 is 1. The number of hydrogen-bond acceptors (Lipinski definition) is 5. The highest BCUT2D eigenvalue weighted by Crippen LogP contribution is 2.27. The fourth-order valence-corrected chi connectivity index (χ4v) is 2.92. The van der Waals surface area contributed by atoms with Gasteiger partial charge in [-0.15, -0.1) is 0 Å². The number of anilines is 2. The number of nitrogens with one attached hydrogen (secondary N) is 1. The number of nitrogen functional groups attached to an aromatic ring is 1. The minimum absolute atomic E-state index is 0.0678. The lowest BCUT2D eigenvalue weighted by Gasteiger charge is -2.11. The van der Waals surface area contributed by atoms with E-state index in [-0.39, 0.29) is 16.5 Å². The fraction of sp³-hybridized carbons (Fsp3) is 0.0833. The maximum absolute atomic E-state index is 12.3. The van der Waals surface area contributed by atoms with Crippen molar-refractivity contribution in [2.75, 3.05) is 17.6 Å². The molecule has 0 atom stereocenters. The summed E-state index contributed by atoms with van der Waals surface area (Å²) in [6, 6.07) is 7.29. The number of hydrogen-bond donors (Lipinski definition) is 2. The van der Waals surface area contributed by atoms with Crippen LogP contribution >= 0.6 is 11.6 Å². The maximum atomic E-state index is 12.3. The number of benzene rings is 1. The quantitative estimate of drug-likeness (QED) is 0.843. The van der Waals surface area contributed by atoms with Crippen molar-refractivity contribution in [2.45, 2.75) is 4.90 Å². The van der Waals surface area contributed by atoms with E-state index in [1.54, 1.807) is 12.1 Å². The highest BCUT2D eigenvalue weighted by molar-refractivity contribution is 7.92. The second-order valence-corrected chi connectivity index (χ2v) is 5.96. The Morgan fingerprint density at radius 3 is 2.70 bits per heavy atom. The molecule has 8 heteroatoms. The SMILES string of the molecule is COc1ccc(N)cc1S(=O)(=O)Nc1cc(Cl)ccn1. The van der Waals surface area contributed by atoms with E-state index in [4.69, 9.17) is 22.1 Å². The lowest BCUT2D eigenvalue weighted by atomic mass is 10.3. The van der Waals surface area contributed by atoms with Crippen LogP contribution in [0.15, 0.2) is 41.4 Å². The molecule has 20 heavy (non-hydrogen) atoms. The highest BCUT2D eigenvalue weighted by Gasteiger charge is 2.20. The van der Waals surface area contributed by atoms with Gasteiger partial charge < -0.3 is 10.5 Å². The third kappa shape index (κ3) is 3.12. The van der Waals surface area contributed by atoms with Gasteiger partial charge in [-0.1, -0.05) is 11.6 Å². The van der Waals surface area contributed by atoms with E-state index >= 15 is 0 Å². The predicted octanol–water partition coefficient (Wildman–Crippen LogP) is 2.13. The van der Waals surface area contributed by atoms with Gasteiger partial charge in [-0.3, -0.25) is 4.72 Å². The van der Waals surface area contributed by atoms with Crippen LogP contribution in [-0.2, 0) is 10.0 Å². The molecule has 1 heterocycles. The lowest BCUT2D eigenvalue weighted by Crippen LogP contribution is -2.15. The number of rotatable bonds is 4. The first-order chi connectivity index (χ1) is 9.42. The third-order valence-corrected chi connectivity index (χ3v) is 4.05. The van der Waals surface area contributed by atoms with Crippen molar-refractivity contribution < 1.29 is 13.2 Å². The van der Waals surface area contributed by atoms with Gasteiger partial charge in [0.1, 0.15) is 16.5 Å². The zero-order valence-electron chi connectivity index (χ0n) is 10.5. The molecule has 2 aromatic rings. The monoisotopic (exact) mass is 313 g/mol. The maximum Gasteiger partial charge on any atom is 0.266 e. The molecule has 0 unspecified atom stereocenters. The van der Waals surface area contributed by atoms with Crippen molar-refractivity contribution in [1.82, 2.24) is 4.98 Å². The Balaban J connectivity index is 2.43. The summed E-state index contributed by atoms with van der Waals surface area (Å²) in [7, 11) is -2.49. The van der Waals surface area contributed by atoms with Crippen LogP contribution in [0, 0.1) is 0 Å². The molecular formula is C12H12ClN3O3S. The Kier molecular flexibility index (Phi) is 4.01. The normalized spacial score (nSPS) is 11.1. The molecule has 3 N–H and O–H groups in total. The van der Waals surface area contributed by atoms with E-state index in [1.165, 1.54) is 31.5 Å². The van der Waals surface area contributed by atoms with Crippen molar-refractivity contribution in [3.05, 3.63) is 41.6 Å².